The van der Waals surface area contributed by atoms with Gasteiger partial charge in [0.15, 0.2) is 14.9 Å². The molecule has 0 saturated carbocycles. The maximum absolute atomic E-state index is 11.1. The van der Waals surface area contributed by atoms with Crippen molar-refractivity contribution < 1.29 is 8.42 Å². The molecule has 1 saturated heterocycles. The topological polar surface area (TPSA) is 84.2 Å². The second-order valence-electron chi connectivity index (χ2n) is 2.82. The zero-order chi connectivity index (χ0) is 10.1. The van der Waals surface area contributed by atoms with E-state index in [4.69, 9.17) is 29.7 Å². The van der Waals surface area contributed by atoms with Crippen molar-refractivity contribution in [2.24, 2.45) is 5.84 Å². The van der Waals surface area contributed by atoms with Crippen LogP contribution in [0.15, 0.2) is 0 Å². The van der Waals surface area contributed by atoms with Gasteiger partial charge >= 0.3 is 0 Å². The molecule has 76 valence electrons. The van der Waals surface area contributed by atoms with Gasteiger partial charge in [0, 0.05) is 0 Å². The van der Waals surface area contributed by atoms with Gasteiger partial charge in [-0.3, -0.25) is 0 Å². The summed E-state index contributed by atoms with van der Waals surface area (Å²) in [6.45, 7) is 0. The molecule has 4 N–H and O–H groups in total. The summed E-state index contributed by atoms with van der Waals surface area (Å²) in [5, 5.41) is 2.47. The highest BCUT2D eigenvalue weighted by atomic mass is 35.5. The second-order valence-corrected chi connectivity index (χ2v) is 5.94. The lowest BCUT2D eigenvalue weighted by atomic mass is 10.3. The van der Waals surface area contributed by atoms with Crippen LogP contribution in [0.4, 0.5) is 0 Å². The number of nitrogens with two attached hydrogens (primary N) is 1. The van der Waals surface area contributed by atoms with Crippen molar-refractivity contribution in [3.63, 3.8) is 0 Å². The van der Waals surface area contributed by atoms with Crippen molar-refractivity contribution in [2.45, 2.75) is 11.4 Å². The summed E-state index contributed by atoms with van der Waals surface area (Å²) in [7, 11) is -3.02. The lowest BCUT2D eigenvalue weighted by molar-refractivity contribution is 0.600. The molecule has 1 heterocycles. The van der Waals surface area contributed by atoms with Gasteiger partial charge in [0.25, 0.3) is 0 Å². The maximum Gasteiger partial charge on any atom is 0.180 e. The Kier molecular flexibility index (Phi) is 3.33. The third-order valence-corrected chi connectivity index (χ3v) is 4.34. The van der Waals surface area contributed by atoms with Crippen molar-refractivity contribution >= 4 is 38.8 Å². The van der Waals surface area contributed by atoms with Gasteiger partial charge in [-0.25, -0.2) is 14.3 Å². The third kappa shape index (κ3) is 2.94. The summed E-state index contributed by atoms with van der Waals surface area (Å²) < 4.78 is 22.2. The molecule has 0 aromatic rings. The average Bonchev–Trinajstić information content (AvgIpc) is 2.24. The van der Waals surface area contributed by atoms with Crippen molar-refractivity contribution in [1.29, 1.82) is 0 Å². The third-order valence-electron chi connectivity index (χ3n) is 1.73. The largest absolute Gasteiger partial charge is 0.356 e. The van der Waals surface area contributed by atoms with Gasteiger partial charge in [-0.2, -0.15) is 0 Å². The highest BCUT2D eigenvalue weighted by Crippen LogP contribution is 2.17. The summed E-state index contributed by atoms with van der Waals surface area (Å²) in [4.78, 5) is 0. The average molecular weight is 244 g/mol. The molecule has 0 bridgehead atoms. The first kappa shape index (κ1) is 11.0. The Morgan fingerprint density at radius 2 is 2.15 bits per heavy atom. The standard InChI is InChI=1S/C5H10ClN3O2S2/c6-3-1-13(10,11)2-4(3)8-5(12)9-7/h3-4H,1-2,7H2,(H2,8,9,12)/t3-,4-/m0/s1. The van der Waals surface area contributed by atoms with Gasteiger partial charge in [-0.1, -0.05) is 0 Å². The van der Waals surface area contributed by atoms with Crippen LogP contribution in [0.5, 0.6) is 0 Å². The van der Waals surface area contributed by atoms with Gasteiger partial charge in [-0.15, -0.1) is 11.6 Å². The molecule has 0 unspecified atom stereocenters. The van der Waals surface area contributed by atoms with E-state index in [0.29, 0.717) is 0 Å². The number of alkyl halides is 1. The molecule has 1 aliphatic heterocycles. The highest BCUT2D eigenvalue weighted by Gasteiger charge is 2.36. The van der Waals surface area contributed by atoms with Crippen LogP contribution in [-0.2, 0) is 9.84 Å². The zero-order valence-electron chi connectivity index (χ0n) is 6.66. The molecule has 0 spiro atoms. The van der Waals surface area contributed by atoms with Crippen LogP contribution in [0.2, 0.25) is 0 Å². The first-order valence-electron chi connectivity index (χ1n) is 3.56. The molecule has 0 radical (unpaired) electrons. The molecule has 5 nitrogen and oxygen atoms in total. The number of hydrogen-bond acceptors (Lipinski definition) is 4. The number of halogens is 1. The SMILES string of the molecule is NNC(=S)N[C@H]1CS(=O)(=O)C[C@@H]1Cl. The Balaban J connectivity index is 2.59. The molecule has 1 aliphatic rings. The van der Waals surface area contributed by atoms with Crippen LogP contribution >= 0.6 is 23.8 Å². The summed E-state index contributed by atoms with van der Waals surface area (Å²) in [5.41, 5.74) is 2.21. The molecular weight excluding hydrogens is 234 g/mol. The fourth-order valence-electron chi connectivity index (χ4n) is 1.15. The Hall–Kier alpha value is -0.110. The fourth-order valence-corrected chi connectivity index (χ4v) is 3.85. The number of rotatable bonds is 1. The lowest BCUT2D eigenvalue weighted by Crippen LogP contribution is -2.48. The highest BCUT2D eigenvalue weighted by molar-refractivity contribution is 7.91. The van der Waals surface area contributed by atoms with Crippen LogP contribution in [0, 0.1) is 0 Å². The van der Waals surface area contributed by atoms with Crippen molar-refractivity contribution in [3.8, 4) is 0 Å². The van der Waals surface area contributed by atoms with Gasteiger partial charge in [0.2, 0.25) is 0 Å². The van der Waals surface area contributed by atoms with E-state index in [1.807, 2.05) is 0 Å². The molecule has 1 rings (SSSR count). The van der Waals surface area contributed by atoms with Gasteiger partial charge in [0.1, 0.15) is 0 Å². The maximum atomic E-state index is 11.1. The normalized spacial score (nSPS) is 31.2. The molecule has 2 atom stereocenters. The summed E-state index contributed by atoms with van der Waals surface area (Å²) in [6.07, 6.45) is 0. The van der Waals surface area contributed by atoms with E-state index in [-0.39, 0.29) is 22.7 Å². The monoisotopic (exact) mass is 243 g/mol. The Morgan fingerprint density at radius 3 is 2.54 bits per heavy atom. The summed E-state index contributed by atoms with van der Waals surface area (Å²) in [5.74, 6) is 5.01. The molecule has 13 heavy (non-hydrogen) atoms. The minimum absolute atomic E-state index is 0.00296. The molecule has 1 fully saturated rings. The van der Waals surface area contributed by atoms with Crippen LogP contribution in [0.25, 0.3) is 0 Å². The summed E-state index contributed by atoms with van der Waals surface area (Å²) in [6, 6.07) is -0.352. The molecule has 0 amide bonds. The van der Waals surface area contributed by atoms with Crippen LogP contribution in [-0.4, -0.2) is 36.5 Å². The van der Waals surface area contributed by atoms with Crippen molar-refractivity contribution in [3.05, 3.63) is 0 Å². The predicted molar refractivity (Wildman–Crippen MR) is 55.1 cm³/mol. The van der Waals surface area contributed by atoms with E-state index in [0.717, 1.165) is 0 Å². The number of thiocarbonyl (C=S) groups is 1. The Morgan fingerprint density at radius 1 is 1.54 bits per heavy atom. The van der Waals surface area contributed by atoms with Gasteiger partial charge in [-0.05, 0) is 12.2 Å². The smallest absolute Gasteiger partial charge is 0.180 e. The first-order chi connectivity index (χ1) is 5.94. The summed E-state index contributed by atoms with van der Waals surface area (Å²) >= 11 is 10.5. The van der Waals surface area contributed by atoms with Crippen molar-refractivity contribution in [2.75, 3.05) is 11.5 Å². The van der Waals surface area contributed by atoms with Gasteiger partial charge < -0.3 is 10.7 Å². The van der Waals surface area contributed by atoms with E-state index in [1.54, 1.807) is 0 Å². The predicted octanol–water partition coefficient (Wildman–Crippen LogP) is -1.27. The number of sulfone groups is 1. The number of nitrogens with one attached hydrogen (secondary N) is 2. The fraction of sp³-hybridized carbons (Fsp3) is 0.800. The van der Waals surface area contributed by atoms with Crippen LogP contribution in [0.1, 0.15) is 0 Å². The quantitative estimate of drug-likeness (QED) is 0.231. The number of hydrogen-bond donors (Lipinski definition) is 3. The molecule has 8 heteroatoms. The van der Waals surface area contributed by atoms with E-state index >= 15 is 0 Å². The van der Waals surface area contributed by atoms with Crippen LogP contribution in [0.3, 0.4) is 0 Å². The zero-order valence-corrected chi connectivity index (χ0v) is 9.05. The lowest BCUT2D eigenvalue weighted by Gasteiger charge is -2.15. The van der Waals surface area contributed by atoms with E-state index in [1.165, 1.54) is 0 Å². The van der Waals surface area contributed by atoms with Gasteiger partial charge in [0.05, 0.1) is 22.9 Å². The minimum Gasteiger partial charge on any atom is -0.356 e. The molecular formula is C5H10ClN3O2S2. The molecule has 0 aromatic carbocycles. The first-order valence-corrected chi connectivity index (χ1v) is 6.23. The van der Waals surface area contributed by atoms with Crippen molar-refractivity contribution in [1.82, 2.24) is 10.7 Å². The van der Waals surface area contributed by atoms with E-state index in [2.05, 4.69) is 10.7 Å². The minimum atomic E-state index is -3.02. The Bertz CT molecular complexity index is 305. The van der Waals surface area contributed by atoms with Crippen LogP contribution < -0.4 is 16.6 Å². The van der Waals surface area contributed by atoms with E-state index in [9.17, 15) is 8.42 Å². The molecule has 0 aromatic heterocycles. The van der Waals surface area contributed by atoms with E-state index < -0.39 is 15.2 Å². The number of hydrazine groups is 1. The Labute approximate surface area is 86.9 Å². The molecule has 0 aliphatic carbocycles. The second kappa shape index (κ2) is 3.95.